The number of carbonyl (C=O) groups is 3. The van der Waals surface area contributed by atoms with Gasteiger partial charge in [0.05, 0.1) is 42.6 Å². The Labute approximate surface area is 367 Å². The number of hydrogen-bond acceptors (Lipinski definition) is 8. The van der Waals surface area contributed by atoms with E-state index in [4.69, 9.17) is 74.0 Å². The minimum atomic E-state index is -1.51. The molecule has 2 aromatic heterocycles. The van der Waals surface area contributed by atoms with Gasteiger partial charge in [0.2, 0.25) is 11.3 Å². The Morgan fingerprint density at radius 2 is 1.44 bits per heavy atom. The van der Waals surface area contributed by atoms with Crippen LogP contribution in [0.25, 0.3) is 44.8 Å². The number of amides is 2. The van der Waals surface area contributed by atoms with Crippen molar-refractivity contribution < 1.29 is 29.0 Å². The number of rotatable bonds is 15. The highest BCUT2D eigenvalue weighted by Gasteiger charge is 2.32. The molecule has 0 unspecified atom stereocenters. The number of carboxylic acids is 1. The first-order valence-electron chi connectivity index (χ1n) is 18.3. The molecule has 17 heteroatoms. The number of phenols is 1. The van der Waals surface area contributed by atoms with Crippen molar-refractivity contribution in [3.05, 3.63) is 117 Å². The summed E-state index contributed by atoms with van der Waals surface area (Å²) in [4.78, 5) is 60.3. The van der Waals surface area contributed by atoms with Crippen LogP contribution in [0.5, 0.6) is 5.75 Å². The quantitative estimate of drug-likeness (QED) is 0.0578. The van der Waals surface area contributed by atoms with Crippen molar-refractivity contribution in [2.45, 2.75) is 51.9 Å². The number of aromatic nitrogens is 2. The zero-order chi connectivity index (χ0) is 42.5. The third-order valence-electron chi connectivity index (χ3n) is 9.53. The molecule has 306 valence electrons. The third-order valence-corrected chi connectivity index (χ3v) is 11.5. The van der Waals surface area contributed by atoms with E-state index < -0.39 is 33.6 Å². The van der Waals surface area contributed by atoms with E-state index in [1.165, 1.54) is 17.7 Å². The Morgan fingerprint density at radius 1 is 0.746 bits per heavy atom. The van der Waals surface area contributed by atoms with Crippen LogP contribution in [0.1, 0.15) is 70.4 Å². The number of carbonyl (C=O) groups excluding carboxylic acids is 2. The number of hydrogen-bond donors (Lipinski definition) is 4. The minimum absolute atomic E-state index is 0.0144. The second-order valence-electron chi connectivity index (χ2n) is 13.7. The van der Waals surface area contributed by atoms with Crippen LogP contribution in [-0.4, -0.2) is 51.1 Å². The molecule has 0 saturated carbocycles. The van der Waals surface area contributed by atoms with E-state index in [2.05, 4.69) is 26.7 Å². The molecule has 11 nitrogen and oxygen atoms in total. The van der Waals surface area contributed by atoms with Crippen molar-refractivity contribution in [1.82, 2.24) is 20.6 Å². The average Bonchev–Trinajstić information content (AvgIpc) is 3.20. The lowest BCUT2D eigenvalue weighted by molar-refractivity contribution is -0.121. The summed E-state index contributed by atoms with van der Waals surface area (Å²) in [7, 11) is 0. The number of pyridine rings is 2. The first-order chi connectivity index (χ1) is 28.2. The molecule has 2 amide bonds. The summed E-state index contributed by atoms with van der Waals surface area (Å²) in [6.45, 7) is 2.61. The summed E-state index contributed by atoms with van der Waals surface area (Å²) in [6, 6.07) is 11.6. The maximum absolute atomic E-state index is 13.6. The Hall–Kier alpha value is -4.62. The van der Waals surface area contributed by atoms with Crippen LogP contribution in [0.2, 0.25) is 30.1 Å². The van der Waals surface area contributed by atoms with E-state index in [0.29, 0.717) is 25.8 Å². The summed E-state index contributed by atoms with van der Waals surface area (Å²) >= 11 is 38.7. The average molecular weight is 919 g/mol. The lowest BCUT2D eigenvalue weighted by Gasteiger charge is -2.21. The van der Waals surface area contributed by atoms with Crippen LogP contribution >= 0.6 is 69.6 Å². The highest BCUT2D eigenvalue weighted by Crippen LogP contribution is 2.51. The summed E-state index contributed by atoms with van der Waals surface area (Å²) < 4.78 is 5.88. The van der Waals surface area contributed by atoms with Gasteiger partial charge in [-0.15, -0.1) is 0 Å². The molecule has 4 N–H and O–H groups in total. The zero-order valence-corrected chi connectivity index (χ0v) is 35.7. The molecular formula is C42H34Cl6N4O7. The van der Waals surface area contributed by atoms with Crippen molar-refractivity contribution in [2.75, 3.05) is 13.1 Å². The number of halogens is 6. The van der Waals surface area contributed by atoms with Gasteiger partial charge in [0.1, 0.15) is 10.0 Å². The molecule has 4 aromatic rings. The second kappa shape index (κ2) is 19.2. The van der Waals surface area contributed by atoms with Gasteiger partial charge in [-0.1, -0.05) is 76.0 Å². The molecule has 0 radical (unpaired) electrons. The molecule has 59 heavy (non-hydrogen) atoms. The van der Waals surface area contributed by atoms with Crippen molar-refractivity contribution in [1.29, 1.82) is 0 Å². The molecule has 2 aliphatic rings. The lowest BCUT2D eigenvalue weighted by Crippen LogP contribution is -2.27. The normalized spacial score (nSPS) is 11.3. The van der Waals surface area contributed by atoms with Crippen LogP contribution in [0.3, 0.4) is 0 Å². The topological polar surface area (TPSA) is 172 Å². The second-order valence-corrected chi connectivity index (χ2v) is 16.0. The number of nitrogens with zero attached hydrogens (tertiary/aromatic N) is 2. The van der Waals surface area contributed by atoms with Gasteiger partial charge < -0.3 is 25.3 Å². The molecular weight excluding hydrogens is 885 g/mol. The first kappa shape index (κ1) is 43.9. The number of nitrogens with one attached hydrogen (secondary N) is 2. The highest BCUT2D eigenvalue weighted by molar-refractivity contribution is 6.44. The van der Waals surface area contributed by atoms with Gasteiger partial charge in [-0.2, -0.15) is 0 Å². The molecule has 1 aliphatic carbocycles. The van der Waals surface area contributed by atoms with Gasteiger partial charge >= 0.3 is 5.97 Å². The molecule has 3 heterocycles. The summed E-state index contributed by atoms with van der Waals surface area (Å²) in [6.07, 6.45) is 8.46. The predicted octanol–water partition coefficient (Wildman–Crippen LogP) is 11.1. The largest absolute Gasteiger partial charge is 0.505 e. The van der Waals surface area contributed by atoms with E-state index >= 15 is 0 Å². The fourth-order valence-electron chi connectivity index (χ4n) is 6.60. The van der Waals surface area contributed by atoms with Crippen LogP contribution in [0.15, 0.2) is 64.1 Å². The Kier molecular flexibility index (Phi) is 14.3. The molecule has 2 aromatic carbocycles. The zero-order valence-electron chi connectivity index (χ0n) is 31.2. The number of phenolic OH excluding ortho intramolecular Hbond substituents is 1. The van der Waals surface area contributed by atoms with Gasteiger partial charge in [-0.05, 0) is 92.6 Å². The maximum Gasteiger partial charge on any atom is 0.337 e. The number of fused-ring (bicyclic) bond motifs is 2. The van der Waals surface area contributed by atoms with Crippen molar-refractivity contribution in [2.24, 2.45) is 0 Å². The maximum atomic E-state index is 13.6. The van der Waals surface area contributed by atoms with E-state index in [-0.39, 0.29) is 76.5 Å². The van der Waals surface area contributed by atoms with E-state index in [1.54, 1.807) is 12.4 Å². The van der Waals surface area contributed by atoms with E-state index in [9.17, 15) is 29.4 Å². The summed E-state index contributed by atoms with van der Waals surface area (Å²) in [5, 5.41) is 24.5. The molecule has 0 saturated heterocycles. The predicted molar refractivity (Wildman–Crippen MR) is 232 cm³/mol. The summed E-state index contributed by atoms with van der Waals surface area (Å²) in [5.74, 6) is -3.05. The van der Waals surface area contributed by atoms with Crippen molar-refractivity contribution >= 4 is 98.4 Å². The Morgan fingerprint density at radius 3 is 2.15 bits per heavy atom. The van der Waals surface area contributed by atoms with Crippen LogP contribution < -0.4 is 16.1 Å². The monoisotopic (exact) mass is 916 g/mol. The molecule has 0 spiro atoms. The number of carboxylic acid groups (broad SMARTS) is 1. The van der Waals surface area contributed by atoms with E-state index in [0.717, 1.165) is 48.7 Å². The fourth-order valence-corrected chi connectivity index (χ4v) is 8.20. The number of aryl methyl sites for hydroxylation is 2. The van der Waals surface area contributed by atoms with Crippen LogP contribution in [0.4, 0.5) is 0 Å². The molecule has 0 bridgehead atoms. The molecule has 6 rings (SSSR count). The van der Waals surface area contributed by atoms with E-state index in [1.807, 2.05) is 25.1 Å². The smallest absolute Gasteiger partial charge is 0.337 e. The van der Waals surface area contributed by atoms with Crippen LogP contribution in [0, 0.1) is 6.92 Å². The van der Waals surface area contributed by atoms with Gasteiger partial charge in [-0.25, -0.2) is 4.79 Å². The van der Waals surface area contributed by atoms with Gasteiger partial charge in [-0.3, -0.25) is 24.4 Å². The lowest BCUT2D eigenvalue weighted by atomic mass is 9.89. The molecule has 0 fully saturated rings. The highest BCUT2D eigenvalue weighted by atomic mass is 35.5. The van der Waals surface area contributed by atoms with Crippen LogP contribution in [-0.2, 0) is 11.2 Å². The molecule has 0 atom stereocenters. The van der Waals surface area contributed by atoms with Gasteiger partial charge in [0, 0.05) is 54.0 Å². The first-order valence-corrected chi connectivity index (χ1v) is 20.6. The number of benzene rings is 3. The van der Waals surface area contributed by atoms with Crippen molar-refractivity contribution in [3.63, 3.8) is 0 Å². The molecule has 1 aliphatic heterocycles. The van der Waals surface area contributed by atoms with Gasteiger partial charge in [0.15, 0.2) is 17.1 Å². The Balaban J connectivity index is 1.08. The third kappa shape index (κ3) is 9.72. The summed E-state index contributed by atoms with van der Waals surface area (Å²) in [5.41, 5.74) is 1.99. The number of unbranched alkanes of at least 4 members (excludes halogenated alkanes) is 3. The fraction of sp³-hybridized carbons (Fsp3) is 0.238. The van der Waals surface area contributed by atoms with Crippen molar-refractivity contribution in [3.8, 4) is 39.6 Å². The SMILES string of the molecule is Cc1ccnc(-c2cc(CCCCCC(=O)NCCCCNC(=O)c3cc(Cl)c(C(=O)O)c(-c4c5cc(Cl)c(=O)c(Cl)c-5oc5c(Cl)c(O)c(Cl)cc45)c3Cl)ccn2)c1. The Bertz CT molecular complexity index is 2650. The number of aromatic carboxylic acids is 1. The number of aromatic hydroxyl groups is 1. The minimum Gasteiger partial charge on any atom is -0.505 e. The van der Waals surface area contributed by atoms with Gasteiger partial charge in [0.25, 0.3) is 5.91 Å². The standard InChI is InChI=1S/C42H34Cl6N4O7/c1-20-9-13-49-28(15-20)29-16-21(10-14-50-29)7-3-2-4-8-30(53)51-11-5-6-12-52-41(56)24-19-25(43)32(42(57)58)33(34(24)46)31-22-17-26(44)37(54)35(47)39(22)59-40-23(31)18-27(45)38(55)36(40)48/h9-10,13-19,54H,2-8,11-12H2,1H3,(H,51,53)(H,52,56)(H,57,58).